The van der Waals surface area contributed by atoms with Crippen molar-refractivity contribution in [1.82, 2.24) is 5.16 Å². The zero-order valence-corrected chi connectivity index (χ0v) is 11.1. The smallest absolute Gasteiger partial charge is 0.358 e. The fraction of sp³-hybridized carbons (Fsp3) is 0.154. The molecule has 0 aliphatic heterocycles. The average Bonchev–Trinajstić information content (AvgIpc) is 2.96. The predicted octanol–water partition coefficient (Wildman–Crippen LogP) is 1.54. The lowest BCUT2D eigenvalue weighted by molar-refractivity contribution is 0.0599. The van der Waals surface area contributed by atoms with Gasteiger partial charge in [0, 0.05) is 6.07 Å². The minimum Gasteiger partial charge on any atom is -0.504 e. The second-order valence-corrected chi connectivity index (χ2v) is 3.95. The second-order valence-electron chi connectivity index (χ2n) is 3.95. The molecule has 0 radical (unpaired) electrons. The lowest BCUT2D eigenvalue weighted by Gasteiger charge is -2.09. The molecule has 0 fully saturated rings. The predicted molar refractivity (Wildman–Crippen MR) is 68.5 cm³/mol. The van der Waals surface area contributed by atoms with Gasteiger partial charge in [-0.1, -0.05) is 5.16 Å². The van der Waals surface area contributed by atoms with Gasteiger partial charge in [0.1, 0.15) is 0 Å². The van der Waals surface area contributed by atoms with Gasteiger partial charge in [-0.2, -0.15) is 0 Å². The van der Waals surface area contributed by atoms with Crippen LogP contribution in [-0.2, 0) is 4.74 Å². The van der Waals surface area contributed by atoms with E-state index < -0.39 is 11.9 Å². The number of carboxylic acid groups (broad SMARTS) is 1. The van der Waals surface area contributed by atoms with E-state index in [1.54, 1.807) is 0 Å². The highest BCUT2D eigenvalue weighted by atomic mass is 16.5. The van der Waals surface area contributed by atoms with Gasteiger partial charge in [0.05, 0.1) is 25.3 Å². The fourth-order valence-corrected chi connectivity index (χ4v) is 1.69. The Bertz CT molecular complexity index is 705. The average molecular weight is 293 g/mol. The third-order valence-electron chi connectivity index (χ3n) is 2.71. The standard InChI is InChI=1S/C13H11NO7/c1-19-10-4-6(13(18)20-2)3-7(11(10)15)9-5-8(12(16)17)14-21-9/h3-5,15H,1-2H3,(H,16,17). The Morgan fingerprint density at radius 3 is 2.48 bits per heavy atom. The molecule has 2 rings (SSSR count). The van der Waals surface area contributed by atoms with E-state index >= 15 is 0 Å². The quantitative estimate of drug-likeness (QED) is 0.815. The van der Waals surface area contributed by atoms with Crippen molar-refractivity contribution >= 4 is 11.9 Å². The highest BCUT2D eigenvalue weighted by Crippen LogP contribution is 2.38. The highest BCUT2D eigenvalue weighted by molar-refractivity contribution is 5.93. The fourth-order valence-electron chi connectivity index (χ4n) is 1.69. The molecule has 1 heterocycles. The highest BCUT2D eigenvalue weighted by Gasteiger charge is 2.20. The largest absolute Gasteiger partial charge is 0.504 e. The van der Waals surface area contributed by atoms with Crippen LogP contribution in [0.3, 0.4) is 0 Å². The van der Waals surface area contributed by atoms with Gasteiger partial charge in [-0.25, -0.2) is 9.59 Å². The molecule has 0 atom stereocenters. The van der Waals surface area contributed by atoms with Crippen LogP contribution in [0, 0.1) is 0 Å². The van der Waals surface area contributed by atoms with Crippen LogP contribution in [0.15, 0.2) is 22.7 Å². The van der Waals surface area contributed by atoms with Gasteiger partial charge >= 0.3 is 11.9 Å². The number of rotatable bonds is 4. The molecule has 0 saturated heterocycles. The van der Waals surface area contributed by atoms with Gasteiger partial charge < -0.3 is 24.2 Å². The number of aromatic carboxylic acids is 1. The molecule has 0 spiro atoms. The Morgan fingerprint density at radius 1 is 1.24 bits per heavy atom. The van der Waals surface area contributed by atoms with Crippen LogP contribution in [-0.4, -0.2) is 41.5 Å². The number of nitrogens with zero attached hydrogens (tertiary/aromatic N) is 1. The summed E-state index contributed by atoms with van der Waals surface area (Å²) in [7, 11) is 2.52. The van der Waals surface area contributed by atoms with Gasteiger partial charge in [0.15, 0.2) is 23.0 Å². The first kappa shape index (κ1) is 14.4. The summed E-state index contributed by atoms with van der Waals surface area (Å²) in [6.07, 6.45) is 0. The number of phenolic OH excluding ortho intramolecular Hbond substituents is 1. The summed E-state index contributed by atoms with van der Waals surface area (Å²) in [6.45, 7) is 0. The summed E-state index contributed by atoms with van der Waals surface area (Å²) in [5.41, 5.74) is -0.156. The number of hydrogen-bond donors (Lipinski definition) is 2. The van der Waals surface area contributed by atoms with E-state index in [2.05, 4.69) is 9.89 Å². The number of benzene rings is 1. The van der Waals surface area contributed by atoms with Crippen molar-refractivity contribution in [2.24, 2.45) is 0 Å². The summed E-state index contributed by atoms with van der Waals surface area (Å²) in [4.78, 5) is 22.4. The molecule has 110 valence electrons. The molecule has 2 N–H and O–H groups in total. The van der Waals surface area contributed by atoms with Gasteiger partial charge in [0.25, 0.3) is 0 Å². The van der Waals surface area contributed by atoms with Crippen molar-refractivity contribution in [2.45, 2.75) is 0 Å². The number of aromatic hydroxyl groups is 1. The van der Waals surface area contributed by atoms with Crippen molar-refractivity contribution in [2.75, 3.05) is 14.2 Å². The van der Waals surface area contributed by atoms with E-state index in [1.165, 1.54) is 26.4 Å². The number of hydrogen-bond acceptors (Lipinski definition) is 7. The van der Waals surface area contributed by atoms with E-state index in [4.69, 9.17) is 14.4 Å². The van der Waals surface area contributed by atoms with Crippen LogP contribution in [0.1, 0.15) is 20.8 Å². The first-order valence-electron chi connectivity index (χ1n) is 5.67. The Labute approximate surface area is 118 Å². The number of carboxylic acids is 1. The van der Waals surface area contributed by atoms with Crippen LogP contribution in [0.2, 0.25) is 0 Å². The number of methoxy groups -OCH3 is 2. The van der Waals surface area contributed by atoms with Crippen molar-refractivity contribution in [3.05, 3.63) is 29.5 Å². The Balaban J connectivity index is 2.60. The zero-order valence-electron chi connectivity index (χ0n) is 11.1. The molecular formula is C13H11NO7. The SMILES string of the molecule is COC(=O)c1cc(OC)c(O)c(-c2cc(C(=O)O)no2)c1. The lowest BCUT2D eigenvalue weighted by Crippen LogP contribution is -2.02. The Hall–Kier alpha value is -3.03. The molecule has 0 bridgehead atoms. The van der Waals surface area contributed by atoms with Gasteiger partial charge in [-0.05, 0) is 12.1 Å². The van der Waals surface area contributed by atoms with E-state index in [0.717, 1.165) is 6.07 Å². The first-order chi connectivity index (χ1) is 9.97. The van der Waals surface area contributed by atoms with Gasteiger partial charge in [-0.3, -0.25) is 0 Å². The van der Waals surface area contributed by atoms with E-state index in [0.29, 0.717) is 0 Å². The van der Waals surface area contributed by atoms with E-state index in [9.17, 15) is 14.7 Å². The molecule has 21 heavy (non-hydrogen) atoms. The lowest BCUT2D eigenvalue weighted by atomic mass is 10.1. The number of ether oxygens (including phenoxy) is 2. The number of carbonyl (C=O) groups excluding carboxylic acids is 1. The maximum Gasteiger partial charge on any atom is 0.358 e. The third kappa shape index (κ3) is 2.64. The maximum atomic E-state index is 11.6. The Kier molecular flexibility index (Phi) is 3.79. The van der Waals surface area contributed by atoms with Crippen LogP contribution in [0.4, 0.5) is 0 Å². The molecule has 0 aliphatic rings. The van der Waals surface area contributed by atoms with Gasteiger partial charge in [0.2, 0.25) is 0 Å². The zero-order chi connectivity index (χ0) is 15.6. The molecular weight excluding hydrogens is 282 g/mol. The molecule has 0 saturated carbocycles. The van der Waals surface area contributed by atoms with Crippen molar-refractivity contribution in [1.29, 1.82) is 0 Å². The van der Waals surface area contributed by atoms with Crippen LogP contribution >= 0.6 is 0 Å². The minimum atomic E-state index is -1.28. The third-order valence-corrected chi connectivity index (χ3v) is 2.71. The first-order valence-corrected chi connectivity index (χ1v) is 5.67. The maximum absolute atomic E-state index is 11.6. The normalized spacial score (nSPS) is 10.2. The number of phenols is 1. The summed E-state index contributed by atoms with van der Waals surface area (Å²) >= 11 is 0. The minimum absolute atomic E-state index is 0.0150. The number of aromatic nitrogens is 1. The van der Waals surface area contributed by atoms with Crippen LogP contribution in [0.25, 0.3) is 11.3 Å². The summed E-state index contributed by atoms with van der Waals surface area (Å²) in [6, 6.07) is 3.70. The van der Waals surface area contributed by atoms with E-state index in [-0.39, 0.29) is 34.1 Å². The van der Waals surface area contributed by atoms with Crippen molar-refractivity contribution in [3.63, 3.8) is 0 Å². The van der Waals surface area contributed by atoms with Crippen LogP contribution in [0.5, 0.6) is 11.5 Å². The molecule has 8 nitrogen and oxygen atoms in total. The topological polar surface area (TPSA) is 119 Å². The monoisotopic (exact) mass is 293 g/mol. The molecule has 0 amide bonds. The molecule has 1 aromatic heterocycles. The number of carbonyl (C=O) groups is 2. The summed E-state index contributed by atoms with van der Waals surface area (Å²) in [5.74, 6) is -2.23. The van der Waals surface area contributed by atoms with E-state index in [1.807, 2.05) is 0 Å². The Morgan fingerprint density at radius 2 is 1.95 bits per heavy atom. The molecule has 8 heteroatoms. The number of esters is 1. The molecule has 1 aromatic carbocycles. The molecule has 2 aromatic rings. The van der Waals surface area contributed by atoms with Gasteiger partial charge in [-0.15, -0.1) is 0 Å². The summed E-state index contributed by atoms with van der Waals surface area (Å²) in [5, 5.41) is 22.2. The second kappa shape index (κ2) is 5.53. The van der Waals surface area contributed by atoms with Crippen molar-refractivity contribution < 1.29 is 33.8 Å². The summed E-state index contributed by atoms with van der Waals surface area (Å²) < 4.78 is 14.4. The molecule has 0 aliphatic carbocycles. The van der Waals surface area contributed by atoms with Crippen molar-refractivity contribution in [3.8, 4) is 22.8 Å². The molecule has 0 unspecified atom stereocenters. The van der Waals surface area contributed by atoms with Crippen LogP contribution < -0.4 is 4.74 Å².